The lowest BCUT2D eigenvalue weighted by Crippen LogP contribution is -2.24. The second kappa shape index (κ2) is 7.56. The molecule has 0 aliphatic heterocycles. The van der Waals surface area contributed by atoms with Gasteiger partial charge in [-0.3, -0.25) is 4.79 Å². The summed E-state index contributed by atoms with van der Waals surface area (Å²) in [6, 6.07) is 3.33. The van der Waals surface area contributed by atoms with Crippen molar-refractivity contribution in [2.45, 2.75) is 19.8 Å². The van der Waals surface area contributed by atoms with Gasteiger partial charge in [0.05, 0.1) is 0 Å². The van der Waals surface area contributed by atoms with Gasteiger partial charge >= 0.3 is 0 Å². The molecule has 1 heterocycles. The van der Waals surface area contributed by atoms with Crippen LogP contribution in [-0.4, -0.2) is 29.4 Å². The van der Waals surface area contributed by atoms with Crippen LogP contribution in [0.2, 0.25) is 5.15 Å². The first-order valence-electron chi connectivity index (χ1n) is 5.55. The largest absolute Gasteiger partial charge is 0.352 e. The zero-order valence-corrected chi connectivity index (χ0v) is 11.7. The minimum Gasteiger partial charge on any atom is -0.352 e. The third kappa shape index (κ3) is 5.41. The van der Waals surface area contributed by atoms with Crippen LogP contribution in [0, 0.1) is 6.92 Å². The van der Waals surface area contributed by atoms with Gasteiger partial charge in [0.15, 0.2) is 0 Å². The molecule has 0 aliphatic carbocycles. The van der Waals surface area contributed by atoms with Gasteiger partial charge in [-0.2, -0.15) is 11.8 Å². The van der Waals surface area contributed by atoms with Crippen molar-refractivity contribution in [3.63, 3.8) is 0 Å². The summed E-state index contributed by atoms with van der Waals surface area (Å²) in [6.45, 7) is 2.53. The predicted octanol–water partition coefficient (Wildman–Crippen LogP) is 2.92. The van der Waals surface area contributed by atoms with E-state index in [2.05, 4.69) is 16.6 Å². The predicted molar refractivity (Wildman–Crippen MR) is 73.9 cm³/mol. The molecule has 1 aromatic rings. The summed E-state index contributed by atoms with van der Waals surface area (Å²) >= 11 is 7.63. The molecular formula is C12H17ClN2OS. The number of nitrogens with one attached hydrogen (secondary N) is 1. The van der Waals surface area contributed by atoms with Crippen molar-refractivity contribution >= 4 is 29.3 Å². The monoisotopic (exact) mass is 272 g/mol. The third-order valence-electron chi connectivity index (χ3n) is 2.25. The van der Waals surface area contributed by atoms with Crippen LogP contribution < -0.4 is 5.32 Å². The molecule has 0 aliphatic rings. The fourth-order valence-corrected chi connectivity index (χ4v) is 2.18. The summed E-state index contributed by atoms with van der Waals surface area (Å²) in [4.78, 5) is 15.8. The van der Waals surface area contributed by atoms with Gasteiger partial charge in [0, 0.05) is 17.8 Å². The van der Waals surface area contributed by atoms with Crippen LogP contribution in [-0.2, 0) is 0 Å². The first-order chi connectivity index (χ1) is 8.13. The number of pyridine rings is 1. The van der Waals surface area contributed by atoms with Crippen molar-refractivity contribution in [1.82, 2.24) is 10.3 Å². The molecule has 0 radical (unpaired) electrons. The van der Waals surface area contributed by atoms with Gasteiger partial charge in [-0.15, -0.1) is 0 Å². The molecule has 17 heavy (non-hydrogen) atoms. The normalized spacial score (nSPS) is 10.3. The number of hydrogen-bond donors (Lipinski definition) is 1. The van der Waals surface area contributed by atoms with E-state index in [0.717, 1.165) is 24.3 Å². The average Bonchev–Trinajstić information content (AvgIpc) is 2.27. The molecular weight excluding hydrogens is 256 g/mol. The standard InChI is InChI=1S/C12H17ClN2OS/c1-9-7-10(8-11(13)15-9)12(16)14-5-3-4-6-17-2/h7-8H,3-6H2,1-2H3,(H,14,16). The van der Waals surface area contributed by atoms with Gasteiger partial charge in [0.25, 0.3) is 5.91 Å². The van der Waals surface area contributed by atoms with Gasteiger partial charge in [-0.25, -0.2) is 4.98 Å². The van der Waals surface area contributed by atoms with E-state index >= 15 is 0 Å². The zero-order valence-electron chi connectivity index (χ0n) is 10.1. The number of amides is 1. The molecule has 0 spiro atoms. The second-order valence-corrected chi connectivity index (χ2v) is 5.15. The SMILES string of the molecule is CSCCCCNC(=O)c1cc(C)nc(Cl)c1. The smallest absolute Gasteiger partial charge is 0.251 e. The van der Waals surface area contributed by atoms with Gasteiger partial charge in [-0.1, -0.05) is 11.6 Å². The summed E-state index contributed by atoms with van der Waals surface area (Å²) in [6.07, 6.45) is 4.21. The van der Waals surface area contributed by atoms with Crippen molar-refractivity contribution < 1.29 is 4.79 Å². The first kappa shape index (κ1) is 14.3. The highest BCUT2D eigenvalue weighted by Gasteiger charge is 2.06. The lowest BCUT2D eigenvalue weighted by molar-refractivity contribution is 0.0953. The molecule has 0 unspecified atom stereocenters. The maximum Gasteiger partial charge on any atom is 0.251 e. The summed E-state index contributed by atoms with van der Waals surface area (Å²) in [7, 11) is 0. The van der Waals surface area contributed by atoms with E-state index in [9.17, 15) is 4.79 Å². The maximum atomic E-state index is 11.8. The van der Waals surface area contributed by atoms with E-state index in [4.69, 9.17) is 11.6 Å². The number of carbonyl (C=O) groups excluding carboxylic acids is 1. The number of rotatable bonds is 6. The van der Waals surface area contributed by atoms with E-state index in [1.54, 1.807) is 12.1 Å². The van der Waals surface area contributed by atoms with Crippen molar-refractivity contribution in [1.29, 1.82) is 0 Å². The summed E-state index contributed by atoms with van der Waals surface area (Å²) in [5.41, 5.74) is 1.33. The van der Waals surface area contributed by atoms with Gasteiger partial charge in [0.2, 0.25) is 0 Å². The molecule has 0 saturated carbocycles. The highest BCUT2D eigenvalue weighted by Crippen LogP contribution is 2.10. The fourth-order valence-electron chi connectivity index (χ4n) is 1.43. The van der Waals surface area contributed by atoms with E-state index in [0.29, 0.717) is 17.3 Å². The molecule has 0 fully saturated rings. The number of hydrogen-bond acceptors (Lipinski definition) is 3. The Hall–Kier alpha value is -0.740. The molecule has 94 valence electrons. The van der Waals surface area contributed by atoms with Crippen LogP contribution in [0.1, 0.15) is 28.9 Å². The number of carbonyl (C=O) groups is 1. The van der Waals surface area contributed by atoms with Crippen LogP contribution in [0.15, 0.2) is 12.1 Å². The van der Waals surface area contributed by atoms with E-state index in [1.807, 2.05) is 18.7 Å². The number of nitrogens with zero attached hydrogens (tertiary/aromatic N) is 1. The Morgan fingerprint density at radius 3 is 2.88 bits per heavy atom. The van der Waals surface area contributed by atoms with Crippen LogP contribution >= 0.6 is 23.4 Å². The number of thioether (sulfide) groups is 1. The number of aromatic nitrogens is 1. The quantitative estimate of drug-likeness (QED) is 0.640. The molecule has 5 heteroatoms. The second-order valence-electron chi connectivity index (χ2n) is 3.78. The Balaban J connectivity index is 2.41. The van der Waals surface area contributed by atoms with Crippen LogP contribution in [0.4, 0.5) is 0 Å². The maximum absolute atomic E-state index is 11.8. The van der Waals surface area contributed by atoms with E-state index in [1.165, 1.54) is 0 Å². The molecule has 0 bridgehead atoms. The minimum atomic E-state index is -0.0819. The molecule has 1 aromatic heterocycles. The van der Waals surface area contributed by atoms with E-state index in [-0.39, 0.29) is 5.91 Å². The molecule has 3 nitrogen and oxygen atoms in total. The zero-order chi connectivity index (χ0) is 12.7. The molecule has 1 rings (SSSR count). The molecule has 1 N–H and O–H groups in total. The van der Waals surface area contributed by atoms with Gasteiger partial charge in [0.1, 0.15) is 5.15 Å². The Bertz CT molecular complexity index is 365. The van der Waals surface area contributed by atoms with Crippen LogP contribution in [0.3, 0.4) is 0 Å². The van der Waals surface area contributed by atoms with E-state index < -0.39 is 0 Å². The Kier molecular flexibility index (Phi) is 6.37. The Morgan fingerprint density at radius 2 is 2.24 bits per heavy atom. The Morgan fingerprint density at radius 1 is 1.47 bits per heavy atom. The fraction of sp³-hybridized carbons (Fsp3) is 0.500. The van der Waals surface area contributed by atoms with Crippen LogP contribution in [0.5, 0.6) is 0 Å². The van der Waals surface area contributed by atoms with Gasteiger partial charge < -0.3 is 5.32 Å². The van der Waals surface area contributed by atoms with Gasteiger partial charge in [-0.05, 0) is 43.9 Å². The Labute approximate surface area is 111 Å². The van der Waals surface area contributed by atoms with Crippen molar-refractivity contribution in [3.05, 3.63) is 28.5 Å². The number of unbranched alkanes of at least 4 members (excludes halogenated alkanes) is 1. The molecule has 0 atom stereocenters. The lowest BCUT2D eigenvalue weighted by atomic mass is 10.2. The summed E-state index contributed by atoms with van der Waals surface area (Å²) < 4.78 is 0. The third-order valence-corrected chi connectivity index (χ3v) is 3.14. The summed E-state index contributed by atoms with van der Waals surface area (Å²) in [5, 5.41) is 3.24. The highest BCUT2D eigenvalue weighted by molar-refractivity contribution is 7.98. The van der Waals surface area contributed by atoms with Crippen molar-refractivity contribution in [2.75, 3.05) is 18.6 Å². The number of aryl methyl sites for hydroxylation is 1. The lowest BCUT2D eigenvalue weighted by Gasteiger charge is -2.05. The molecule has 0 aromatic carbocycles. The topological polar surface area (TPSA) is 42.0 Å². The van der Waals surface area contributed by atoms with Crippen molar-refractivity contribution in [3.8, 4) is 0 Å². The average molecular weight is 273 g/mol. The van der Waals surface area contributed by atoms with Crippen molar-refractivity contribution in [2.24, 2.45) is 0 Å². The minimum absolute atomic E-state index is 0.0819. The summed E-state index contributed by atoms with van der Waals surface area (Å²) in [5.74, 6) is 1.05. The first-order valence-corrected chi connectivity index (χ1v) is 7.32. The number of halogens is 1. The molecule has 0 saturated heterocycles. The highest BCUT2D eigenvalue weighted by atomic mass is 35.5. The molecule has 1 amide bonds. The van der Waals surface area contributed by atoms with Crippen LogP contribution in [0.25, 0.3) is 0 Å².